The van der Waals surface area contributed by atoms with Gasteiger partial charge in [0.05, 0.1) is 0 Å². The molecule has 3 nitrogen and oxygen atoms in total. The van der Waals surface area contributed by atoms with Crippen molar-refractivity contribution in [2.45, 2.75) is 0 Å². The molecular weight excluding hydrogens is 222 g/mol. The van der Waals surface area contributed by atoms with Crippen LogP contribution in [-0.4, -0.2) is 20.1 Å². The summed E-state index contributed by atoms with van der Waals surface area (Å²) in [6.07, 6.45) is 0. The number of guanidine groups is 1. The van der Waals surface area contributed by atoms with Crippen LogP contribution in [0.2, 0.25) is 0 Å². The Bertz CT molecular complexity index is 460. The van der Waals surface area contributed by atoms with Crippen molar-refractivity contribution in [1.29, 1.82) is 5.41 Å². The van der Waals surface area contributed by atoms with Gasteiger partial charge in [-0.1, -0.05) is 36.4 Å². The number of para-hydroxylation sites is 2. The summed E-state index contributed by atoms with van der Waals surface area (Å²) in [7, 11) is 3.80. The monoisotopic (exact) mass is 239 g/mol. The molecule has 2 aromatic carbocycles. The summed E-state index contributed by atoms with van der Waals surface area (Å²) in [5, 5.41) is 8.23. The SMILES string of the molecule is CN(C(=N)N(C)c1ccccc1)c1ccccc1. The Kier molecular flexibility index (Phi) is 3.63. The van der Waals surface area contributed by atoms with Gasteiger partial charge < -0.3 is 9.80 Å². The molecule has 0 unspecified atom stereocenters. The van der Waals surface area contributed by atoms with Crippen molar-refractivity contribution in [1.82, 2.24) is 0 Å². The smallest absolute Gasteiger partial charge is 0.202 e. The third-order valence-corrected chi connectivity index (χ3v) is 2.92. The van der Waals surface area contributed by atoms with E-state index in [9.17, 15) is 0 Å². The Morgan fingerprint density at radius 1 is 0.722 bits per heavy atom. The Morgan fingerprint density at radius 2 is 1.06 bits per heavy atom. The van der Waals surface area contributed by atoms with Crippen LogP contribution in [0.25, 0.3) is 0 Å². The van der Waals surface area contributed by atoms with Gasteiger partial charge in [0, 0.05) is 25.5 Å². The van der Waals surface area contributed by atoms with Gasteiger partial charge in [-0.15, -0.1) is 0 Å². The molecule has 0 aromatic heterocycles. The van der Waals surface area contributed by atoms with E-state index in [-0.39, 0.29) is 0 Å². The van der Waals surface area contributed by atoms with E-state index >= 15 is 0 Å². The number of hydrogen-bond donors (Lipinski definition) is 1. The van der Waals surface area contributed by atoms with Gasteiger partial charge in [0.15, 0.2) is 0 Å². The average molecular weight is 239 g/mol. The van der Waals surface area contributed by atoms with Crippen molar-refractivity contribution >= 4 is 17.3 Å². The van der Waals surface area contributed by atoms with Crippen molar-refractivity contribution in [3.8, 4) is 0 Å². The normalized spacial score (nSPS) is 9.89. The van der Waals surface area contributed by atoms with Crippen LogP contribution < -0.4 is 9.80 Å². The highest BCUT2D eigenvalue weighted by atomic mass is 15.3. The first kappa shape index (κ1) is 12.2. The molecule has 0 radical (unpaired) electrons. The highest BCUT2D eigenvalue weighted by molar-refractivity contribution is 6.04. The largest absolute Gasteiger partial charge is 0.316 e. The molecule has 92 valence electrons. The van der Waals surface area contributed by atoms with Crippen LogP contribution in [0.15, 0.2) is 60.7 Å². The topological polar surface area (TPSA) is 30.3 Å². The highest BCUT2D eigenvalue weighted by Crippen LogP contribution is 2.16. The first-order valence-corrected chi connectivity index (χ1v) is 5.86. The zero-order chi connectivity index (χ0) is 13.0. The number of benzene rings is 2. The molecule has 0 saturated heterocycles. The molecule has 2 rings (SSSR count). The first-order valence-electron chi connectivity index (χ1n) is 5.86. The van der Waals surface area contributed by atoms with Gasteiger partial charge in [0.1, 0.15) is 0 Å². The molecule has 0 spiro atoms. The lowest BCUT2D eigenvalue weighted by molar-refractivity contribution is 1.12. The Hall–Kier alpha value is -2.29. The maximum absolute atomic E-state index is 8.23. The van der Waals surface area contributed by atoms with E-state index in [0.717, 1.165) is 11.4 Å². The van der Waals surface area contributed by atoms with Gasteiger partial charge >= 0.3 is 0 Å². The summed E-state index contributed by atoms with van der Waals surface area (Å²) in [5.41, 5.74) is 2.01. The summed E-state index contributed by atoms with van der Waals surface area (Å²) in [6.45, 7) is 0. The second kappa shape index (κ2) is 5.36. The third kappa shape index (κ3) is 2.51. The number of nitrogens with one attached hydrogen (secondary N) is 1. The molecule has 0 aliphatic carbocycles. The lowest BCUT2D eigenvalue weighted by atomic mass is 10.3. The molecule has 18 heavy (non-hydrogen) atoms. The van der Waals surface area contributed by atoms with Crippen molar-refractivity contribution in [2.75, 3.05) is 23.9 Å². The first-order chi connectivity index (χ1) is 8.70. The van der Waals surface area contributed by atoms with Crippen molar-refractivity contribution in [2.24, 2.45) is 0 Å². The summed E-state index contributed by atoms with van der Waals surface area (Å²) in [6, 6.07) is 19.8. The molecule has 0 fully saturated rings. The summed E-state index contributed by atoms with van der Waals surface area (Å²) in [5.74, 6) is 0.437. The fourth-order valence-electron chi connectivity index (χ4n) is 1.77. The molecule has 0 amide bonds. The molecule has 0 heterocycles. The fourth-order valence-corrected chi connectivity index (χ4v) is 1.77. The lowest BCUT2D eigenvalue weighted by Crippen LogP contribution is -2.39. The second-order valence-corrected chi connectivity index (χ2v) is 4.11. The lowest BCUT2D eigenvalue weighted by Gasteiger charge is -2.28. The van der Waals surface area contributed by atoms with E-state index in [0.29, 0.717) is 5.96 Å². The summed E-state index contributed by atoms with van der Waals surface area (Å²) < 4.78 is 0. The number of nitrogens with zero attached hydrogens (tertiary/aromatic N) is 2. The van der Waals surface area contributed by atoms with Crippen molar-refractivity contribution in [3.05, 3.63) is 60.7 Å². The van der Waals surface area contributed by atoms with Gasteiger partial charge in [-0.3, -0.25) is 5.41 Å². The molecule has 0 bridgehead atoms. The Labute approximate surface area is 108 Å². The van der Waals surface area contributed by atoms with Gasteiger partial charge in [0.25, 0.3) is 0 Å². The number of rotatable bonds is 2. The third-order valence-electron chi connectivity index (χ3n) is 2.92. The second-order valence-electron chi connectivity index (χ2n) is 4.11. The van der Waals surface area contributed by atoms with Crippen LogP contribution in [0.3, 0.4) is 0 Å². The van der Waals surface area contributed by atoms with Crippen LogP contribution in [0, 0.1) is 5.41 Å². The van der Waals surface area contributed by atoms with Crippen LogP contribution in [-0.2, 0) is 0 Å². The summed E-state index contributed by atoms with van der Waals surface area (Å²) in [4.78, 5) is 3.71. The summed E-state index contributed by atoms with van der Waals surface area (Å²) >= 11 is 0. The molecule has 0 aliphatic rings. The predicted octanol–water partition coefficient (Wildman–Crippen LogP) is 3.19. The molecule has 2 aromatic rings. The number of anilines is 2. The molecular formula is C15H17N3. The predicted molar refractivity (Wildman–Crippen MR) is 77.4 cm³/mol. The maximum atomic E-state index is 8.23. The standard InChI is InChI=1S/C15H17N3/c1-17(13-9-5-3-6-10-13)15(16)18(2)14-11-7-4-8-12-14/h3-12,16H,1-2H3. The van der Waals surface area contributed by atoms with Crippen molar-refractivity contribution < 1.29 is 0 Å². The van der Waals surface area contributed by atoms with Gasteiger partial charge in [0.2, 0.25) is 5.96 Å². The highest BCUT2D eigenvalue weighted by Gasteiger charge is 2.12. The van der Waals surface area contributed by atoms with E-state index in [1.54, 1.807) is 0 Å². The van der Waals surface area contributed by atoms with Crippen LogP contribution >= 0.6 is 0 Å². The van der Waals surface area contributed by atoms with E-state index in [4.69, 9.17) is 5.41 Å². The molecule has 0 atom stereocenters. The average Bonchev–Trinajstić information content (AvgIpc) is 2.47. The van der Waals surface area contributed by atoms with Crippen LogP contribution in [0.1, 0.15) is 0 Å². The Balaban J connectivity index is 2.17. The van der Waals surface area contributed by atoms with E-state index in [2.05, 4.69) is 0 Å². The van der Waals surface area contributed by atoms with Gasteiger partial charge in [-0.2, -0.15) is 0 Å². The van der Waals surface area contributed by atoms with Gasteiger partial charge in [-0.05, 0) is 24.3 Å². The van der Waals surface area contributed by atoms with Crippen LogP contribution in [0.5, 0.6) is 0 Å². The molecule has 0 aliphatic heterocycles. The van der Waals surface area contributed by atoms with Crippen LogP contribution in [0.4, 0.5) is 11.4 Å². The fraction of sp³-hybridized carbons (Fsp3) is 0.133. The maximum Gasteiger partial charge on any atom is 0.202 e. The molecule has 3 heteroatoms. The van der Waals surface area contributed by atoms with E-state index in [1.165, 1.54) is 0 Å². The minimum absolute atomic E-state index is 0.437. The minimum Gasteiger partial charge on any atom is -0.316 e. The zero-order valence-electron chi connectivity index (χ0n) is 10.7. The molecule has 1 N–H and O–H groups in total. The van der Waals surface area contributed by atoms with E-state index < -0.39 is 0 Å². The zero-order valence-corrected chi connectivity index (χ0v) is 10.7. The quantitative estimate of drug-likeness (QED) is 0.644. The van der Waals surface area contributed by atoms with Gasteiger partial charge in [-0.25, -0.2) is 0 Å². The minimum atomic E-state index is 0.437. The Morgan fingerprint density at radius 3 is 1.39 bits per heavy atom. The number of hydrogen-bond acceptors (Lipinski definition) is 1. The molecule has 0 saturated carbocycles. The van der Waals surface area contributed by atoms with E-state index in [1.807, 2.05) is 84.6 Å². The van der Waals surface area contributed by atoms with Crippen molar-refractivity contribution in [3.63, 3.8) is 0 Å².